The number of carbonyl (C=O) groups excluding carboxylic acids is 1. The molecule has 3 aromatic rings. The molecule has 2 fully saturated rings. The van der Waals surface area contributed by atoms with Gasteiger partial charge in [0.05, 0.1) is 30.0 Å². The van der Waals surface area contributed by atoms with Gasteiger partial charge in [-0.1, -0.05) is 0 Å². The molecule has 2 amide bonds. The average Bonchev–Trinajstić information content (AvgIpc) is 3.32. The Morgan fingerprint density at radius 2 is 2.00 bits per heavy atom. The van der Waals surface area contributed by atoms with Crippen LogP contribution >= 0.6 is 0 Å². The number of aromatic amines is 1. The maximum Gasteiger partial charge on any atom is 0.320 e. The van der Waals surface area contributed by atoms with Crippen LogP contribution in [-0.4, -0.2) is 67.3 Å². The van der Waals surface area contributed by atoms with E-state index in [1.807, 2.05) is 12.3 Å². The van der Waals surface area contributed by atoms with E-state index in [9.17, 15) is 13.6 Å². The van der Waals surface area contributed by atoms with Crippen molar-refractivity contribution in [3.05, 3.63) is 30.5 Å². The summed E-state index contributed by atoms with van der Waals surface area (Å²) in [5.41, 5.74) is 2.64. The molecule has 0 spiro atoms. The zero-order valence-corrected chi connectivity index (χ0v) is 15.4. The molecule has 0 bridgehead atoms. The predicted octanol–water partition coefficient (Wildman–Crippen LogP) is 3.24. The molecule has 0 aliphatic carbocycles. The first-order valence-corrected chi connectivity index (χ1v) is 9.73. The van der Waals surface area contributed by atoms with Crippen molar-refractivity contribution in [2.75, 3.05) is 26.2 Å². The lowest BCUT2D eigenvalue weighted by Crippen LogP contribution is -2.53. The SMILES string of the molecule is O=C(N1CCC[C@@H](c2ncc3cnc4[nH]ccc4n23)C1)N1CCCC(F)(F)C1. The van der Waals surface area contributed by atoms with Gasteiger partial charge >= 0.3 is 6.03 Å². The lowest BCUT2D eigenvalue weighted by atomic mass is 9.97. The van der Waals surface area contributed by atoms with Crippen molar-refractivity contribution < 1.29 is 13.6 Å². The van der Waals surface area contributed by atoms with E-state index in [4.69, 9.17) is 0 Å². The van der Waals surface area contributed by atoms with Crippen molar-refractivity contribution in [3.63, 3.8) is 0 Å². The van der Waals surface area contributed by atoms with Gasteiger partial charge in [-0.25, -0.2) is 23.5 Å². The normalized spacial score (nSPS) is 22.9. The predicted molar refractivity (Wildman–Crippen MR) is 99.5 cm³/mol. The molecule has 0 aromatic carbocycles. The van der Waals surface area contributed by atoms with Gasteiger partial charge in [-0.2, -0.15) is 0 Å². The molecule has 5 rings (SSSR count). The molecule has 7 nitrogen and oxygen atoms in total. The molecule has 2 saturated heterocycles. The Hall–Kier alpha value is -2.71. The monoisotopic (exact) mass is 388 g/mol. The first-order valence-electron chi connectivity index (χ1n) is 9.73. The van der Waals surface area contributed by atoms with E-state index in [0.717, 1.165) is 35.3 Å². The minimum absolute atomic E-state index is 0.0611. The van der Waals surface area contributed by atoms with E-state index in [-0.39, 0.29) is 18.4 Å². The molecule has 5 heterocycles. The average molecular weight is 388 g/mol. The fraction of sp³-hybridized carbons (Fsp3) is 0.526. The number of halogens is 2. The van der Waals surface area contributed by atoms with Crippen LogP contribution in [0.3, 0.4) is 0 Å². The molecule has 0 saturated carbocycles. The molecule has 2 aliphatic rings. The number of aromatic nitrogens is 4. The number of alkyl halides is 2. The maximum absolute atomic E-state index is 13.7. The van der Waals surface area contributed by atoms with Gasteiger partial charge in [0.2, 0.25) is 0 Å². The van der Waals surface area contributed by atoms with Gasteiger partial charge in [-0.3, -0.25) is 4.40 Å². The van der Waals surface area contributed by atoms with Crippen LogP contribution in [0.25, 0.3) is 16.7 Å². The molecule has 0 radical (unpaired) electrons. The highest BCUT2D eigenvalue weighted by atomic mass is 19.3. The summed E-state index contributed by atoms with van der Waals surface area (Å²) >= 11 is 0. The van der Waals surface area contributed by atoms with Gasteiger partial charge in [0.15, 0.2) is 5.65 Å². The largest absolute Gasteiger partial charge is 0.345 e. The molecule has 1 N–H and O–H groups in total. The smallest absolute Gasteiger partial charge is 0.320 e. The molecule has 148 valence electrons. The lowest BCUT2D eigenvalue weighted by Gasteiger charge is -2.39. The van der Waals surface area contributed by atoms with Crippen LogP contribution < -0.4 is 0 Å². The Balaban J connectivity index is 1.41. The number of nitrogens with zero attached hydrogens (tertiary/aromatic N) is 5. The zero-order valence-electron chi connectivity index (χ0n) is 15.4. The fourth-order valence-corrected chi connectivity index (χ4v) is 4.48. The van der Waals surface area contributed by atoms with E-state index in [1.54, 1.807) is 17.3 Å². The summed E-state index contributed by atoms with van der Waals surface area (Å²) < 4.78 is 29.6. The molecule has 0 unspecified atom stereocenters. The van der Waals surface area contributed by atoms with Crippen LogP contribution in [0.2, 0.25) is 0 Å². The number of urea groups is 1. The van der Waals surface area contributed by atoms with Gasteiger partial charge in [-0.05, 0) is 25.3 Å². The quantitative estimate of drug-likeness (QED) is 0.696. The number of piperidine rings is 2. The van der Waals surface area contributed by atoms with Crippen molar-refractivity contribution in [2.45, 2.75) is 37.5 Å². The van der Waals surface area contributed by atoms with Gasteiger partial charge in [-0.15, -0.1) is 0 Å². The summed E-state index contributed by atoms with van der Waals surface area (Å²) in [4.78, 5) is 28.0. The van der Waals surface area contributed by atoms with Crippen LogP contribution in [0.15, 0.2) is 24.7 Å². The van der Waals surface area contributed by atoms with E-state index >= 15 is 0 Å². The van der Waals surface area contributed by atoms with Crippen LogP contribution in [0, 0.1) is 0 Å². The van der Waals surface area contributed by atoms with Crippen LogP contribution in [0.5, 0.6) is 0 Å². The highest BCUT2D eigenvalue weighted by Crippen LogP contribution is 2.31. The Bertz CT molecular complexity index is 1030. The summed E-state index contributed by atoms with van der Waals surface area (Å²) in [7, 11) is 0. The summed E-state index contributed by atoms with van der Waals surface area (Å²) in [5, 5.41) is 0. The second-order valence-corrected chi connectivity index (χ2v) is 7.80. The van der Waals surface area contributed by atoms with Crippen molar-refractivity contribution in [2.24, 2.45) is 0 Å². The van der Waals surface area contributed by atoms with Gasteiger partial charge in [0, 0.05) is 38.2 Å². The van der Waals surface area contributed by atoms with Crippen molar-refractivity contribution in [1.29, 1.82) is 0 Å². The number of rotatable bonds is 1. The van der Waals surface area contributed by atoms with Crippen molar-refractivity contribution in [1.82, 2.24) is 29.2 Å². The lowest BCUT2D eigenvalue weighted by molar-refractivity contribution is -0.0561. The van der Waals surface area contributed by atoms with Crippen LogP contribution in [0.4, 0.5) is 13.6 Å². The number of hydrogen-bond acceptors (Lipinski definition) is 3. The number of imidazole rings is 1. The first-order chi connectivity index (χ1) is 13.5. The third-order valence-corrected chi connectivity index (χ3v) is 5.81. The van der Waals surface area contributed by atoms with Crippen molar-refractivity contribution >= 4 is 22.7 Å². The summed E-state index contributed by atoms with van der Waals surface area (Å²) in [6.07, 6.45) is 7.36. The second-order valence-electron chi connectivity index (χ2n) is 7.80. The molecule has 3 aromatic heterocycles. The van der Waals surface area contributed by atoms with E-state index in [1.165, 1.54) is 4.90 Å². The molecule has 28 heavy (non-hydrogen) atoms. The van der Waals surface area contributed by atoms with E-state index in [0.29, 0.717) is 26.1 Å². The Kier molecular flexibility index (Phi) is 3.99. The third kappa shape index (κ3) is 2.89. The fourth-order valence-electron chi connectivity index (χ4n) is 4.48. The van der Waals surface area contributed by atoms with Gasteiger partial charge in [0.25, 0.3) is 5.92 Å². The molecule has 9 heteroatoms. The Morgan fingerprint density at radius 3 is 2.86 bits per heavy atom. The molecule has 2 aliphatic heterocycles. The number of hydrogen-bond donors (Lipinski definition) is 1. The first kappa shape index (κ1) is 17.4. The van der Waals surface area contributed by atoms with Crippen LogP contribution in [-0.2, 0) is 0 Å². The topological polar surface area (TPSA) is 69.5 Å². The zero-order chi connectivity index (χ0) is 19.3. The van der Waals surface area contributed by atoms with Crippen LogP contribution in [0.1, 0.15) is 37.4 Å². The highest BCUT2D eigenvalue weighted by molar-refractivity contribution is 5.76. The number of likely N-dealkylation sites (tertiary alicyclic amines) is 2. The minimum atomic E-state index is -2.78. The molecular weight excluding hydrogens is 366 g/mol. The Morgan fingerprint density at radius 1 is 1.18 bits per heavy atom. The number of amides is 2. The van der Waals surface area contributed by atoms with E-state index in [2.05, 4.69) is 19.4 Å². The Labute approximate surface area is 160 Å². The summed E-state index contributed by atoms with van der Waals surface area (Å²) in [6.45, 7) is 1.02. The van der Waals surface area contributed by atoms with E-state index < -0.39 is 12.5 Å². The number of H-pyrrole nitrogens is 1. The minimum Gasteiger partial charge on any atom is -0.345 e. The van der Waals surface area contributed by atoms with Gasteiger partial charge < -0.3 is 14.8 Å². The van der Waals surface area contributed by atoms with Gasteiger partial charge in [0.1, 0.15) is 5.82 Å². The number of nitrogens with one attached hydrogen (secondary N) is 1. The number of carbonyl (C=O) groups is 1. The molecule has 1 atom stereocenters. The molecular formula is C19H22F2N6O. The summed E-state index contributed by atoms with van der Waals surface area (Å²) in [6, 6.07) is 1.68. The maximum atomic E-state index is 13.7. The number of fused-ring (bicyclic) bond motifs is 3. The van der Waals surface area contributed by atoms with Crippen molar-refractivity contribution in [3.8, 4) is 0 Å². The third-order valence-electron chi connectivity index (χ3n) is 5.81. The summed E-state index contributed by atoms with van der Waals surface area (Å²) in [5.74, 6) is -1.83. The highest BCUT2D eigenvalue weighted by Gasteiger charge is 2.39. The standard InChI is InChI=1S/C19H22F2N6O/c20-19(21)5-2-8-26(12-19)18(28)25-7-1-3-13(11-25)17-24-10-14-9-23-16-15(27(14)17)4-6-22-16/h4,6,9-10,13,22H,1-3,5,7-8,11-12H2/t13-/m1/s1. The second kappa shape index (κ2) is 6.42.